The highest BCUT2D eigenvalue weighted by Crippen LogP contribution is 2.33. The summed E-state index contributed by atoms with van der Waals surface area (Å²) in [5.74, 6) is 7.20. The Hall–Kier alpha value is -2.11. The van der Waals surface area contributed by atoms with Crippen LogP contribution in [0, 0.1) is 0 Å². The Bertz CT molecular complexity index is 560. The Morgan fingerprint density at radius 3 is 2.68 bits per heavy atom. The van der Waals surface area contributed by atoms with E-state index in [0.29, 0.717) is 13.2 Å². The maximum Gasteiger partial charge on any atom is 0.161 e. The number of nitrogens with one attached hydrogen (secondary N) is 1. The molecule has 1 unspecified atom stereocenters. The minimum Gasteiger partial charge on any atom is -0.486 e. The molecule has 2 aromatic rings. The molecule has 2 heterocycles. The Morgan fingerprint density at radius 2 is 1.95 bits per heavy atom. The second-order valence-electron chi connectivity index (χ2n) is 4.29. The van der Waals surface area contributed by atoms with Crippen LogP contribution in [-0.2, 0) is 0 Å². The number of nitrogens with zero attached hydrogens (tertiary/aromatic N) is 1. The molecule has 19 heavy (non-hydrogen) atoms. The molecule has 5 nitrogen and oxygen atoms in total. The van der Waals surface area contributed by atoms with Gasteiger partial charge in [0.25, 0.3) is 0 Å². The molecule has 0 saturated carbocycles. The molecule has 1 aliphatic rings. The van der Waals surface area contributed by atoms with Crippen LogP contribution >= 0.6 is 0 Å². The average Bonchev–Trinajstić information content (AvgIpc) is 2.49. The Labute approximate surface area is 111 Å². The van der Waals surface area contributed by atoms with E-state index in [1.807, 2.05) is 30.3 Å². The number of hydrogen-bond donors (Lipinski definition) is 2. The first kappa shape index (κ1) is 12.0. The number of benzene rings is 1. The van der Waals surface area contributed by atoms with E-state index in [9.17, 15) is 0 Å². The first-order valence-electron chi connectivity index (χ1n) is 6.14. The molecule has 5 heteroatoms. The zero-order valence-corrected chi connectivity index (χ0v) is 10.4. The maximum absolute atomic E-state index is 5.66. The zero-order valence-electron chi connectivity index (χ0n) is 10.4. The van der Waals surface area contributed by atoms with E-state index in [1.54, 1.807) is 12.4 Å². The second kappa shape index (κ2) is 5.26. The standard InChI is InChI=1S/C14H15N3O2/c15-17-14(11-2-1-5-16-9-11)10-3-4-12-13(8-10)19-7-6-18-12/h1-5,8-9,14,17H,6-7,15H2. The topological polar surface area (TPSA) is 69.4 Å². The highest BCUT2D eigenvalue weighted by atomic mass is 16.6. The van der Waals surface area contributed by atoms with Crippen LogP contribution in [0.3, 0.4) is 0 Å². The predicted octanol–water partition coefficient (Wildman–Crippen LogP) is 1.41. The van der Waals surface area contributed by atoms with E-state index in [4.69, 9.17) is 15.3 Å². The third-order valence-electron chi connectivity index (χ3n) is 3.08. The number of hydrogen-bond acceptors (Lipinski definition) is 5. The molecule has 3 rings (SSSR count). The van der Waals surface area contributed by atoms with E-state index in [0.717, 1.165) is 22.6 Å². The summed E-state index contributed by atoms with van der Waals surface area (Å²) in [6.45, 7) is 1.16. The fourth-order valence-corrected chi connectivity index (χ4v) is 2.17. The monoisotopic (exact) mass is 257 g/mol. The second-order valence-corrected chi connectivity index (χ2v) is 4.29. The first-order chi connectivity index (χ1) is 9.38. The summed E-state index contributed by atoms with van der Waals surface area (Å²) >= 11 is 0. The predicted molar refractivity (Wildman–Crippen MR) is 70.8 cm³/mol. The molecule has 0 spiro atoms. The van der Waals surface area contributed by atoms with Crippen LogP contribution < -0.4 is 20.7 Å². The fraction of sp³-hybridized carbons (Fsp3) is 0.214. The molecule has 0 fully saturated rings. The molecule has 0 radical (unpaired) electrons. The van der Waals surface area contributed by atoms with Crippen molar-refractivity contribution in [1.82, 2.24) is 10.4 Å². The highest BCUT2D eigenvalue weighted by Gasteiger charge is 2.17. The summed E-state index contributed by atoms with van der Waals surface area (Å²) in [7, 11) is 0. The quantitative estimate of drug-likeness (QED) is 0.642. The third-order valence-corrected chi connectivity index (χ3v) is 3.08. The van der Waals surface area contributed by atoms with Gasteiger partial charge < -0.3 is 9.47 Å². The molecule has 0 aliphatic carbocycles. The van der Waals surface area contributed by atoms with Gasteiger partial charge in [0.2, 0.25) is 0 Å². The van der Waals surface area contributed by atoms with Gasteiger partial charge in [-0.2, -0.15) is 0 Å². The van der Waals surface area contributed by atoms with Crippen molar-refractivity contribution in [3.05, 3.63) is 53.9 Å². The Balaban J connectivity index is 1.96. The molecular formula is C14H15N3O2. The van der Waals surface area contributed by atoms with Gasteiger partial charge in [-0.1, -0.05) is 12.1 Å². The minimum absolute atomic E-state index is 0.121. The van der Waals surface area contributed by atoms with Crippen LogP contribution in [0.5, 0.6) is 11.5 Å². The molecule has 1 aromatic heterocycles. The fourth-order valence-electron chi connectivity index (χ4n) is 2.17. The lowest BCUT2D eigenvalue weighted by Gasteiger charge is -2.22. The van der Waals surface area contributed by atoms with Gasteiger partial charge in [-0.15, -0.1) is 0 Å². The van der Waals surface area contributed by atoms with Crippen molar-refractivity contribution in [3.63, 3.8) is 0 Å². The van der Waals surface area contributed by atoms with E-state index >= 15 is 0 Å². The summed E-state index contributed by atoms with van der Waals surface area (Å²) in [5.41, 5.74) is 4.82. The summed E-state index contributed by atoms with van der Waals surface area (Å²) in [6, 6.07) is 9.58. The van der Waals surface area contributed by atoms with Crippen molar-refractivity contribution in [2.24, 2.45) is 5.84 Å². The van der Waals surface area contributed by atoms with Gasteiger partial charge >= 0.3 is 0 Å². The normalized spacial score (nSPS) is 15.0. The lowest BCUT2D eigenvalue weighted by molar-refractivity contribution is 0.171. The Morgan fingerprint density at radius 1 is 1.11 bits per heavy atom. The first-order valence-corrected chi connectivity index (χ1v) is 6.14. The van der Waals surface area contributed by atoms with Crippen LogP contribution in [-0.4, -0.2) is 18.2 Å². The average molecular weight is 257 g/mol. The number of ether oxygens (including phenoxy) is 2. The highest BCUT2D eigenvalue weighted by molar-refractivity contribution is 5.46. The van der Waals surface area contributed by atoms with Gasteiger partial charge in [0.1, 0.15) is 13.2 Å². The third kappa shape index (κ3) is 2.38. The molecule has 0 bridgehead atoms. The van der Waals surface area contributed by atoms with Crippen molar-refractivity contribution in [2.45, 2.75) is 6.04 Å². The van der Waals surface area contributed by atoms with E-state index in [1.165, 1.54) is 0 Å². The number of nitrogens with two attached hydrogens (primary N) is 1. The van der Waals surface area contributed by atoms with Gasteiger partial charge in [-0.25, -0.2) is 5.43 Å². The molecule has 1 aromatic carbocycles. The summed E-state index contributed by atoms with van der Waals surface area (Å²) in [6.07, 6.45) is 3.53. The van der Waals surface area contributed by atoms with E-state index < -0.39 is 0 Å². The van der Waals surface area contributed by atoms with Crippen LogP contribution in [0.2, 0.25) is 0 Å². The molecule has 3 N–H and O–H groups in total. The van der Waals surface area contributed by atoms with Crippen molar-refractivity contribution in [1.29, 1.82) is 0 Å². The molecule has 0 amide bonds. The molecule has 0 saturated heterocycles. The number of hydrazine groups is 1. The van der Waals surface area contributed by atoms with Crippen molar-refractivity contribution in [3.8, 4) is 11.5 Å². The Kier molecular flexibility index (Phi) is 3.31. The zero-order chi connectivity index (χ0) is 13.1. The number of rotatable bonds is 3. The van der Waals surface area contributed by atoms with Crippen LogP contribution in [0.25, 0.3) is 0 Å². The van der Waals surface area contributed by atoms with Crippen molar-refractivity contribution in [2.75, 3.05) is 13.2 Å². The van der Waals surface area contributed by atoms with Gasteiger partial charge in [0, 0.05) is 12.4 Å². The molecule has 98 valence electrons. The summed E-state index contributed by atoms with van der Waals surface area (Å²) in [5, 5.41) is 0. The van der Waals surface area contributed by atoms with Gasteiger partial charge in [0.05, 0.1) is 6.04 Å². The van der Waals surface area contributed by atoms with E-state index in [-0.39, 0.29) is 6.04 Å². The molecular weight excluding hydrogens is 242 g/mol. The lowest BCUT2D eigenvalue weighted by atomic mass is 10.0. The summed E-state index contributed by atoms with van der Waals surface area (Å²) < 4.78 is 11.1. The maximum atomic E-state index is 5.66. The van der Waals surface area contributed by atoms with Gasteiger partial charge in [-0.05, 0) is 29.3 Å². The van der Waals surface area contributed by atoms with Crippen molar-refractivity contribution < 1.29 is 9.47 Å². The number of pyridine rings is 1. The summed E-state index contributed by atoms with van der Waals surface area (Å²) in [4.78, 5) is 4.12. The smallest absolute Gasteiger partial charge is 0.161 e. The largest absolute Gasteiger partial charge is 0.486 e. The molecule has 1 aliphatic heterocycles. The van der Waals surface area contributed by atoms with Crippen LogP contribution in [0.1, 0.15) is 17.2 Å². The minimum atomic E-state index is -0.121. The number of fused-ring (bicyclic) bond motifs is 1. The van der Waals surface area contributed by atoms with Crippen LogP contribution in [0.15, 0.2) is 42.7 Å². The van der Waals surface area contributed by atoms with Crippen LogP contribution in [0.4, 0.5) is 0 Å². The van der Waals surface area contributed by atoms with Crippen molar-refractivity contribution >= 4 is 0 Å². The lowest BCUT2D eigenvalue weighted by Crippen LogP contribution is -2.29. The molecule has 1 atom stereocenters. The number of aromatic nitrogens is 1. The SMILES string of the molecule is NNC(c1cccnc1)c1ccc2c(c1)OCCO2. The van der Waals surface area contributed by atoms with Gasteiger partial charge in [0.15, 0.2) is 11.5 Å². The van der Waals surface area contributed by atoms with E-state index in [2.05, 4.69) is 10.4 Å². The van der Waals surface area contributed by atoms with Gasteiger partial charge in [-0.3, -0.25) is 10.8 Å².